The highest BCUT2D eigenvalue weighted by atomic mass is 19.1. The van der Waals surface area contributed by atoms with Crippen LogP contribution in [0.1, 0.15) is 18.4 Å². The van der Waals surface area contributed by atoms with Crippen molar-refractivity contribution in [3.05, 3.63) is 29.6 Å². The lowest BCUT2D eigenvalue weighted by Crippen LogP contribution is -2.33. The molecule has 1 saturated heterocycles. The smallest absolute Gasteiger partial charge is 0.423 e. The minimum absolute atomic E-state index is 0.118. The molecule has 1 fully saturated rings. The van der Waals surface area contributed by atoms with Gasteiger partial charge in [0.1, 0.15) is 5.82 Å². The number of rotatable bonds is 5. The van der Waals surface area contributed by atoms with Crippen molar-refractivity contribution in [2.75, 3.05) is 19.8 Å². The summed E-state index contributed by atoms with van der Waals surface area (Å²) >= 11 is 0. The van der Waals surface area contributed by atoms with Crippen LogP contribution < -0.4 is 5.46 Å². The molecule has 0 amide bonds. The van der Waals surface area contributed by atoms with Gasteiger partial charge in [-0.2, -0.15) is 0 Å². The second-order valence-corrected chi connectivity index (χ2v) is 4.80. The van der Waals surface area contributed by atoms with Gasteiger partial charge in [0.05, 0.1) is 13.2 Å². The van der Waals surface area contributed by atoms with Crippen LogP contribution in [-0.4, -0.2) is 37.0 Å². The Bertz CT molecular complexity index is 408. The standard InChI is InChI=1S/C13H18BFO4/c15-13-2-1-11(7-12(13)14(16)17)9-19-8-10-3-5-18-6-4-10/h1-2,7,10,16-17H,3-6,8-9H2. The number of benzene rings is 1. The number of hydrogen-bond donors (Lipinski definition) is 2. The molecule has 19 heavy (non-hydrogen) atoms. The van der Waals surface area contributed by atoms with Crippen molar-refractivity contribution in [2.24, 2.45) is 5.92 Å². The second kappa shape index (κ2) is 7.00. The van der Waals surface area contributed by atoms with Crippen LogP contribution in [0.3, 0.4) is 0 Å². The fraction of sp³-hybridized carbons (Fsp3) is 0.538. The molecule has 0 bridgehead atoms. The van der Waals surface area contributed by atoms with E-state index in [1.54, 1.807) is 6.07 Å². The molecule has 1 aliphatic heterocycles. The molecule has 2 N–H and O–H groups in total. The van der Waals surface area contributed by atoms with Gasteiger partial charge in [0, 0.05) is 18.7 Å². The van der Waals surface area contributed by atoms with E-state index in [9.17, 15) is 4.39 Å². The summed E-state index contributed by atoms with van der Waals surface area (Å²) < 4.78 is 24.1. The Morgan fingerprint density at radius 2 is 2.05 bits per heavy atom. The van der Waals surface area contributed by atoms with Crippen molar-refractivity contribution in [3.63, 3.8) is 0 Å². The summed E-state index contributed by atoms with van der Waals surface area (Å²) in [6, 6.07) is 4.23. The normalized spacial score (nSPS) is 16.6. The van der Waals surface area contributed by atoms with Gasteiger partial charge in [-0.3, -0.25) is 0 Å². The highest BCUT2D eigenvalue weighted by Gasteiger charge is 2.17. The van der Waals surface area contributed by atoms with Crippen LogP contribution in [0.2, 0.25) is 0 Å². The molecule has 0 saturated carbocycles. The van der Waals surface area contributed by atoms with E-state index in [2.05, 4.69) is 0 Å². The van der Waals surface area contributed by atoms with Crippen LogP contribution in [0.25, 0.3) is 0 Å². The highest BCUT2D eigenvalue weighted by Crippen LogP contribution is 2.15. The summed E-state index contributed by atoms with van der Waals surface area (Å²) in [6.45, 7) is 2.56. The monoisotopic (exact) mass is 268 g/mol. The number of ether oxygens (including phenoxy) is 2. The molecular weight excluding hydrogens is 250 g/mol. The van der Waals surface area contributed by atoms with Gasteiger partial charge in [-0.05, 0) is 30.4 Å². The van der Waals surface area contributed by atoms with E-state index in [1.807, 2.05) is 0 Å². The summed E-state index contributed by atoms with van der Waals surface area (Å²) in [4.78, 5) is 0. The maximum Gasteiger partial charge on any atom is 0.491 e. The van der Waals surface area contributed by atoms with Gasteiger partial charge in [0.25, 0.3) is 0 Å². The molecule has 1 heterocycles. The van der Waals surface area contributed by atoms with Crippen molar-refractivity contribution in [1.82, 2.24) is 0 Å². The lowest BCUT2D eigenvalue weighted by Gasteiger charge is -2.21. The quantitative estimate of drug-likeness (QED) is 0.761. The van der Waals surface area contributed by atoms with E-state index in [-0.39, 0.29) is 5.46 Å². The molecule has 2 rings (SSSR count). The fourth-order valence-electron chi connectivity index (χ4n) is 2.14. The molecule has 0 unspecified atom stereocenters. The molecule has 1 aromatic carbocycles. The van der Waals surface area contributed by atoms with Crippen LogP contribution in [0.4, 0.5) is 4.39 Å². The average Bonchev–Trinajstić information content (AvgIpc) is 2.41. The van der Waals surface area contributed by atoms with Crippen molar-refractivity contribution < 1.29 is 23.9 Å². The first-order chi connectivity index (χ1) is 9.16. The Morgan fingerprint density at radius 3 is 2.74 bits per heavy atom. The Morgan fingerprint density at radius 1 is 1.32 bits per heavy atom. The van der Waals surface area contributed by atoms with Gasteiger partial charge in [-0.25, -0.2) is 4.39 Å². The Balaban J connectivity index is 1.83. The average molecular weight is 268 g/mol. The summed E-state index contributed by atoms with van der Waals surface area (Å²) in [5.41, 5.74) is 0.615. The second-order valence-electron chi connectivity index (χ2n) is 4.80. The molecule has 4 nitrogen and oxygen atoms in total. The van der Waals surface area contributed by atoms with Gasteiger partial charge in [0.2, 0.25) is 0 Å². The summed E-state index contributed by atoms with van der Waals surface area (Å²) in [5, 5.41) is 18.0. The van der Waals surface area contributed by atoms with E-state index < -0.39 is 12.9 Å². The van der Waals surface area contributed by atoms with Crippen LogP contribution >= 0.6 is 0 Å². The zero-order valence-electron chi connectivity index (χ0n) is 10.7. The van der Waals surface area contributed by atoms with E-state index >= 15 is 0 Å². The first-order valence-corrected chi connectivity index (χ1v) is 6.47. The van der Waals surface area contributed by atoms with Crippen molar-refractivity contribution in [1.29, 1.82) is 0 Å². The largest absolute Gasteiger partial charge is 0.491 e. The molecule has 1 aliphatic rings. The van der Waals surface area contributed by atoms with Gasteiger partial charge < -0.3 is 19.5 Å². The molecule has 0 aliphatic carbocycles. The summed E-state index contributed by atoms with van der Waals surface area (Å²) in [6.07, 6.45) is 2.01. The zero-order chi connectivity index (χ0) is 13.7. The van der Waals surface area contributed by atoms with Crippen molar-refractivity contribution >= 4 is 12.6 Å². The molecule has 0 spiro atoms. The minimum Gasteiger partial charge on any atom is -0.423 e. The molecule has 1 aromatic rings. The zero-order valence-corrected chi connectivity index (χ0v) is 10.7. The van der Waals surface area contributed by atoms with E-state index in [0.29, 0.717) is 19.1 Å². The Kier molecular flexibility index (Phi) is 5.33. The molecule has 0 aromatic heterocycles. The SMILES string of the molecule is OB(O)c1cc(COCC2CCOCC2)ccc1F. The molecule has 104 valence electrons. The molecule has 0 atom stereocenters. The van der Waals surface area contributed by atoms with E-state index in [4.69, 9.17) is 19.5 Å². The van der Waals surface area contributed by atoms with Crippen LogP contribution in [0.15, 0.2) is 18.2 Å². The topological polar surface area (TPSA) is 58.9 Å². The van der Waals surface area contributed by atoms with Gasteiger partial charge >= 0.3 is 7.12 Å². The summed E-state index contributed by atoms with van der Waals surface area (Å²) in [7, 11) is -1.80. The predicted octanol–water partition coefficient (Wildman–Crippen LogP) is 0.449. The molecule has 0 radical (unpaired) electrons. The first-order valence-electron chi connectivity index (χ1n) is 6.47. The van der Waals surface area contributed by atoms with Crippen LogP contribution in [0.5, 0.6) is 0 Å². The Hall–Kier alpha value is -0.945. The molecule has 6 heteroatoms. The molecular formula is C13H18BFO4. The van der Waals surface area contributed by atoms with Crippen molar-refractivity contribution in [3.8, 4) is 0 Å². The maximum atomic E-state index is 13.3. The lowest BCUT2D eigenvalue weighted by atomic mass is 9.79. The van der Waals surface area contributed by atoms with Crippen molar-refractivity contribution in [2.45, 2.75) is 19.4 Å². The minimum atomic E-state index is -1.80. The van der Waals surface area contributed by atoms with Crippen LogP contribution in [0, 0.1) is 11.7 Å². The van der Waals surface area contributed by atoms with Crippen LogP contribution in [-0.2, 0) is 16.1 Å². The third-order valence-electron chi connectivity index (χ3n) is 3.30. The number of halogens is 1. The number of hydrogen-bond acceptors (Lipinski definition) is 4. The van der Waals surface area contributed by atoms with E-state index in [0.717, 1.165) is 31.6 Å². The fourth-order valence-corrected chi connectivity index (χ4v) is 2.14. The third-order valence-corrected chi connectivity index (χ3v) is 3.30. The van der Waals surface area contributed by atoms with Gasteiger partial charge in [-0.1, -0.05) is 12.1 Å². The third kappa shape index (κ3) is 4.28. The first kappa shape index (κ1) is 14.5. The highest BCUT2D eigenvalue weighted by molar-refractivity contribution is 6.58. The predicted molar refractivity (Wildman–Crippen MR) is 69.4 cm³/mol. The van der Waals surface area contributed by atoms with Gasteiger partial charge in [-0.15, -0.1) is 0 Å². The van der Waals surface area contributed by atoms with E-state index in [1.165, 1.54) is 12.1 Å². The summed E-state index contributed by atoms with van der Waals surface area (Å²) in [5.74, 6) is -0.111. The lowest BCUT2D eigenvalue weighted by molar-refractivity contribution is 0.0157. The Labute approximate surface area is 112 Å². The maximum absolute atomic E-state index is 13.3. The van der Waals surface area contributed by atoms with Gasteiger partial charge in [0.15, 0.2) is 0 Å².